The number of benzene rings is 2. The molecule has 3 N–H and O–H groups in total. The van der Waals surface area contributed by atoms with E-state index in [0.29, 0.717) is 21.9 Å². The lowest BCUT2D eigenvalue weighted by molar-refractivity contribution is 0.0846. The summed E-state index contributed by atoms with van der Waals surface area (Å²) in [6.07, 6.45) is 1.45. The first kappa shape index (κ1) is 18.0. The predicted molar refractivity (Wildman–Crippen MR) is 98.8 cm³/mol. The number of thioether (sulfide) groups is 1. The first-order valence-electron chi connectivity index (χ1n) is 7.55. The van der Waals surface area contributed by atoms with Crippen LogP contribution in [0.2, 0.25) is 5.02 Å². The van der Waals surface area contributed by atoms with Crippen LogP contribution >= 0.6 is 23.4 Å². The zero-order valence-corrected chi connectivity index (χ0v) is 15.0. The van der Waals surface area contributed by atoms with Crippen LogP contribution in [0.4, 0.5) is 0 Å². The predicted octanol–water partition coefficient (Wildman–Crippen LogP) is 2.83. The Morgan fingerprint density at radius 1 is 0.962 bits per heavy atom. The highest BCUT2D eigenvalue weighted by molar-refractivity contribution is 7.98. The second kappa shape index (κ2) is 8.50. The number of amides is 2. The van der Waals surface area contributed by atoms with Crippen molar-refractivity contribution in [2.24, 2.45) is 0 Å². The molecule has 2 aromatic carbocycles. The highest BCUT2D eigenvalue weighted by atomic mass is 35.5. The van der Waals surface area contributed by atoms with Crippen LogP contribution in [0.3, 0.4) is 0 Å². The van der Waals surface area contributed by atoms with E-state index in [1.807, 2.05) is 12.1 Å². The van der Waals surface area contributed by atoms with Crippen LogP contribution in [0.1, 0.15) is 26.3 Å². The SMILES string of the molecule is O=C(NNC(=O)c1ccc(CSc2ncn[nH]2)cc1)c1ccc(Cl)cc1. The van der Waals surface area contributed by atoms with Crippen LogP contribution in [-0.2, 0) is 5.75 Å². The van der Waals surface area contributed by atoms with Gasteiger partial charge in [0.05, 0.1) is 0 Å². The van der Waals surface area contributed by atoms with Gasteiger partial charge in [-0.25, -0.2) is 4.98 Å². The van der Waals surface area contributed by atoms with Crippen molar-refractivity contribution >= 4 is 35.2 Å². The normalized spacial score (nSPS) is 10.3. The van der Waals surface area contributed by atoms with E-state index in [1.54, 1.807) is 36.4 Å². The number of halogens is 1. The van der Waals surface area contributed by atoms with E-state index in [2.05, 4.69) is 26.0 Å². The summed E-state index contributed by atoms with van der Waals surface area (Å²) in [5.41, 5.74) is 6.63. The average Bonchev–Trinajstić information content (AvgIpc) is 3.19. The van der Waals surface area contributed by atoms with Crippen molar-refractivity contribution < 1.29 is 9.59 Å². The molecule has 9 heteroatoms. The fraction of sp³-hybridized carbons (Fsp3) is 0.0588. The minimum atomic E-state index is -0.421. The summed E-state index contributed by atoms with van der Waals surface area (Å²) in [6.45, 7) is 0. The summed E-state index contributed by atoms with van der Waals surface area (Å²) in [4.78, 5) is 28.1. The minimum absolute atomic E-state index is 0.398. The summed E-state index contributed by atoms with van der Waals surface area (Å²) in [6, 6.07) is 13.4. The summed E-state index contributed by atoms with van der Waals surface area (Å²) in [5.74, 6) is -0.124. The van der Waals surface area contributed by atoms with Gasteiger partial charge in [-0.3, -0.25) is 25.5 Å². The fourth-order valence-corrected chi connectivity index (χ4v) is 2.89. The van der Waals surface area contributed by atoms with Crippen LogP contribution < -0.4 is 10.9 Å². The van der Waals surface area contributed by atoms with Crippen LogP contribution in [0.5, 0.6) is 0 Å². The molecule has 0 aliphatic rings. The maximum atomic E-state index is 12.1. The molecule has 0 saturated carbocycles. The molecule has 0 spiro atoms. The zero-order chi connectivity index (χ0) is 18.4. The van der Waals surface area contributed by atoms with Crippen molar-refractivity contribution in [1.29, 1.82) is 0 Å². The molecule has 0 bridgehead atoms. The number of nitrogens with one attached hydrogen (secondary N) is 3. The van der Waals surface area contributed by atoms with E-state index >= 15 is 0 Å². The van der Waals surface area contributed by atoms with Crippen molar-refractivity contribution in [3.63, 3.8) is 0 Å². The van der Waals surface area contributed by atoms with Gasteiger partial charge in [-0.15, -0.1) is 0 Å². The Labute approximate surface area is 158 Å². The molecule has 132 valence electrons. The number of carbonyl (C=O) groups excluding carboxylic acids is 2. The van der Waals surface area contributed by atoms with Crippen LogP contribution in [0, 0.1) is 0 Å². The maximum Gasteiger partial charge on any atom is 0.269 e. The van der Waals surface area contributed by atoms with E-state index in [9.17, 15) is 9.59 Å². The standard InChI is InChI=1S/C17H14ClN5O2S/c18-14-7-5-13(6-8-14)16(25)22-21-15(24)12-3-1-11(2-4-12)9-26-17-19-10-20-23-17/h1-8,10H,9H2,(H,21,24)(H,22,25)(H,19,20,23). The van der Waals surface area contributed by atoms with Gasteiger partial charge in [-0.1, -0.05) is 35.5 Å². The van der Waals surface area contributed by atoms with Gasteiger partial charge in [0.15, 0.2) is 5.16 Å². The van der Waals surface area contributed by atoms with Crippen LogP contribution in [0.15, 0.2) is 60.0 Å². The Kier molecular flexibility index (Phi) is 5.88. The number of aromatic nitrogens is 3. The van der Waals surface area contributed by atoms with Crippen molar-refractivity contribution in [3.05, 3.63) is 76.6 Å². The second-order valence-electron chi connectivity index (χ2n) is 5.19. The number of rotatable bonds is 5. The van der Waals surface area contributed by atoms with Gasteiger partial charge in [0.1, 0.15) is 6.33 Å². The average molecular weight is 388 g/mol. The van der Waals surface area contributed by atoms with E-state index < -0.39 is 11.8 Å². The smallest absolute Gasteiger partial charge is 0.267 e. The Hall–Kier alpha value is -2.84. The van der Waals surface area contributed by atoms with E-state index in [-0.39, 0.29) is 0 Å². The minimum Gasteiger partial charge on any atom is -0.267 e. The fourth-order valence-electron chi connectivity index (χ4n) is 2.03. The van der Waals surface area contributed by atoms with E-state index in [1.165, 1.54) is 18.1 Å². The molecule has 1 heterocycles. The summed E-state index contributed by atoms with van der Waals surface area (Å²) >= 11 is 7.29. The van der Waals surface area contributed by atoms with E-state index in [4.69, 9.17) is 11.6 Å². The largest absolute Gasteiger partial charge is 0.269 e. The van der Waals surface area contributed by atoms with Gasteiger partial charge < -0.3 is 0 Å². The second-order valence-corrected chi connectivity index (χ2v) is 6.59. The molecular formula is C17H14ClN5O2S. The Balaban J connectivity index is 1.51. The molecule has 3 rings (SSSR count). The third-order valence-electron chi connectivity index (χ3n) is 3.38. The highest BCUT2D eigenvalue weighted by Gasteiger charge is 2.09. The number of nitrogens with zero attached hydrogens (tertiary/aromatic N) is 2. The first-order chi connectivity index (χ1) is 12.6. The Bertz CT molecular complexity index is 883. The van der Waals surface area contributed by atoms with Gasteiger partial charge in [-0.2, -0.15) is 5.10 Å². The molecule has 7 nitrogen and oxygen atoms in total. The van der Waals surface area contributed by atoms with Gasteiger partial charge in [0, 0.05) is 21.9 Å². The summed E-state index contributed by atoms with van der Waals surface area (Å²) < 4.78 is 0. The van der Waals surface area contributed by atoms with Crippen molar-refractivity contribution in [1.82, 2.24) is 26.0 Å². The molecule has 0 aliphatic carbocycles. The van der Waals surface area contributed by atoms with Gasteiger partial charge in [0.2, 0.25) is 0 Å². The van der Waals surface area contributed by atoms with Gasteiger partial charge in [0.25, 0.3) is 11.8 Å². The zero-order valence-electron chi connectivity index (χ0n) is 13.4. The van der Waals surface area contributed by atoms with Gasteiger partial charge >= 0.3 is 0 Å². The molecular weight excluding hydrogens is 374 g/mol. The number of hydrogen-bond acceptors (Lipinski definition) is 5. The number of aromatic amines is 1. The number of hydrazine groups is 1. The summed E-state index contributed by atoms with van der Waals surface area (Å²) in [5, 5.41) is 7.82. The summed E-state index contributed by atoms with van der Waals surface area (Å²) in [7, 11) is 0. The quantitative estimate of drug-likeness (QED) is 0.461. The number of carbonyl (C=O) groups is 2. The maximum absolute atomic E-state index is 12.1. The molecule has 0 aliphatic heterocycles. The van der Waals surface area contributed by atoms with E-state index in [0.717, 1.165) is 10.7 Å². The lowest BCUT2D eigenvalue weighted by Gasteiger charge is -2.08. The van der Waals surface area contributed by atoms with Crippen molar-refractivity contribution in [3.8, 4) is 0 Å². The molecule has 0 radical (unpaired) electrons. The number of H-pyrrole nitrogens is 1. The third-order valence-corrected chi connectivity index (χ3v) is 4.58. The Morgan fingerprint density at radius 2 is 1.54 bits per heavy atom. The Morgan fingerprint density at radius 3 is 2.08 bits per heavy atom. The molecule has 26 heavy (non-hydrogen) atoms. The molecule has 0 saturated heterocycles. The molecule has 1 aromatic heterocycles. The van der Waals surface area contributed by atoms with Crippen LogP contribution in [0.25, 0.3) is 0 Å². The highest BCUT2D eigenvalue weighted by Crippen LogP contribution is 2.18. The number of hydrogen-bond donors (Lipinski definition) is 3. The molecule has 3 aromatic rings. The molecule has 0 unspecified atom stereocenters. The lowest BCUT2D eigenvalue weighted by Crippen LogP contribution is -2.41. The van der Waals surface area contributed by atoms with Crippen molar-refractivity contribution in [2.75, 3.05) is 0 Å². The third kappa shape index (κ3) is 4.84. The van der Waals surface area contributed by atoms with Gasteiger partial charge in [-0.05, 0) is 42.0 Å². The van der Waals surface area contributed by atoms with Crippen LogP contribution in [-0.4, -0.2) is 27.0 Å². The lowest BCUT2D eigenvalue weighted by atomic mass is 10.1. The monoisotopic (exact) mass is 387 g/mol. The molecule has 0 fully saturated rings. The molecule has 2 amide bonds. The first-order valence-corrected chi connectivity index (χ1v) is 8.91. The van der Waals surface area contributed by atoms with Crippen molar-refractivity contribution in [2.45, 2.75) is 10.9 Å². The molecule has 0 atom stereocenters. The topological polar surface area (TPSA) is 99.8 Å².